The van der Waals surface area contributed by atoms with Gasteiger partial charge in [0.05, 0.1) is 47.2 Å². The third-order valence-corrected chi connectivity index (χ3v) is 8.58. The monoisotopic (exact) mass is 690 g/mol. The van der Waals surface area contributed by atoms with Crippen molar-refractivity contribution in [3.8, 4) is 11.5 Å². The molecule has 0 aromatic heterocycles. The van der Waals surface area contributed by atoms with E-state index in [9.17, 15) is 9.59 Å². The third kappa shape index (κ3) is 11.7. The van der Waals surface area contributed by atoms with Gasteiger partial charge in [-0.2, -0.15) is 0 Å². The molecule has 0 radical (unpaired) electrons. The lowest BCUT2D eigenvalue weighted by molar-refractivity contribution is -0.282. The fraction of sp³-hybridized carbons (Fsp3) is 0.450. The highest BCUT2D eigenvalue weighted by atomic mass is 17.2. The quantitative estimate of drug-likeness (QED) is 0.0324. The summed E-state index contributed by atoms with van der Waals surface area (Å²) in [5, 5.41) is 3.77. The fourth-order valence-corrected chi connectivity index (χ4v) is 5.85. The van der Waals surface area contributed by atoms with E-state index in [1.54, 1.807) is 18.2 Å². The first-order chi connectivity index (χ1) is 24.5. The molecule has 50 heavy (non-hydrogen) atoms. The molecule has 10 nitrogen and oxygen atoms in total. The Hall–Kier alpha value is -4.22. The first kappa shape index (κ1) is 38.6. The number of unbranched alkanes of at least 4 members (excludes halogenated alkanes) is 9. The highest BCUT2D eigenvalue weighted by Crippen LogP contribution is 2.30. The molecule has 0 saturated carbocycles. The van der Waals surface area contributed by atoms with Gasteiger partial charge in [-0.25, -0.2) is 29.1 Å². The molecule has 0 heterocycles. The lowest BCUT2D eigenvalue weighted by Crippen LogP contribution is -2.07. The van der Waals surface area contributed by atoms with E-state index >= 15 is 0 Å². The van der Waals surface area contributed by atoms with Gasteiger partial charge >= 0.3 is 11.9 Å². The highest BCUT2D eigenvalue weighted by Gasteiger charge is 2.16. The molecule has 0 aliphatic rings. The number of methoxy groups -OCH3 is 2. The third-order valence-electron chi connectivity index (χ3n) is 8.58. The molecule has 0 atom stereocenters. The summed E-state index contributed by atoms with van der Waals surface area (Å²) < 4.78 is 22.0. The van der Waals surface area contributed by atoms with Crippen LogP contribution in [0.25, 0.3) is 21.5 Å². The van der Waals surface area contributed by atoms with Crippen LogP contribution in [0.15, 0.2) is 60.7 Å². The number of rotatable bonds is 23. The molecule has 0 bridgehead atoms. The number of ether oxygens (including phenoxy) is 4. The summed E-state index contributed by atoms with van der Waals surface area (Å²) >= 11 is 0. The second-order valence-corrected chi connectivity index (χ2v) is 12.1. The van der Waals surface area contributed by atoms with E-state index in [2.05, 4.69) is 24.3 Å². The molecule has 0 saturated heterocycles. The number of carbonyl (C=O) groups is 2. The van der Waals surface area contributed by atoms with E-state index in [4.69, 9.17) is 38.5 Å². The van der Waals surface area contributed by atoms with Crippen molar-refractivity contribution in [2.24, 2.45) is 0 Å². The molecule has 0 aliphatic heterocycles. The molecule has 4 aromatic carbocycles. The van der Waals surface area contributed by atoms with E-state index in [1.807, 2.05) is 18.2 Å². The summed E-state index contributed by atoms with van der Waals surface area (Å²) in [5.74, 6) is 0.398. The summed E-state index contributed by atoms with van der Waals surface area (Å²) in [6.45, 7) is 1.85. The van der Waals surface area contributed by atoms with E-state index in [0.29, 0.717) is 43.3 Å². The van der Waals surface area contributed by atoms with Gasteiger partial charge in [0, 0.05) is 5.56 Å². The molecule has 10 heteroatoms. The number of fused-ring (bicyclic) bond motifs is 2. The summed E-state index contributed by atoms with van der Waals surface area (Å²) in [5.41, 5.74) is 2.71. The Kier molecular flexibility index (Phi) is 16.3. The van der Waals surface area contributed by atoms with Crippen LogP contribution in [-0.4, -0.2) is 53.6 Å². The van der Waals surface area contributed by atoms with Crippen LogP contribution in [-0.2, 0) is 42.2 Å². The van der Waals surface area contributed by atoms with Crippen molar-refractivity contribution >= 4 is 33.5 Å². The van der Waals surface area contributed by atoms with Crippen molar-refractivity contribution in [1.82, 2.24) is 0 Å². The predicted molar refractivity (Wildman–Crippen MR) is 191 cm³/mol. The van der Waals surface area contributed by atoms with Gasteiger partial charge in [-0.3, -0.25) is 0 Å². The van der Waals surface area contributed by atoms with Crippen LogP contribution in [0.5, 0.6) is 11.5 Å². The summed E-state index contributed by atoms with van der Waals surface area (Å²) in [7, 11) is 5.68. The van der Waals surface area contributed by atoms with Gasteiger partial charge in [-0.15, -0.1) is 0 Å². The average molecular weight is 691 g/mol. The van der Waals surface area contributed by atoms with Gasteiger partial charge in [0.1, 0.15) is 30.3 Å². The van der Waals surface area contributed by atoms with Crippen molar-refractivity contribution < 1.29 is 48.1 Å². The minimum Gasteiger partial charge on any atom is -0.493 e. The number of esters is 2. The van der Waals surface area contributed by atoms with Crippen LogP contribution < -0.4 is 9.47 Å². The second kappa shape index (κ2) is 21.1. The van der Waals surface area contributed by atoms with Gasteiger partial charge in [0.25, 0.3) is 0 Å². The molecule has 4 rings (SSSR count). The Labute approximate surface area is 294 Å². The SMILES string of the molecule is COOCc1ccc2cc(OCCCCCCCCCCCCOc3cc4ccc(C(=O)OC)cc4cc3C(=O)OC)c(COOC)cc2c1. The molecule has 0 amide bonds. The smallest absolute Gasteiger partial charge is 0.341 e. The highest BCUT2D eigenvalue weighted by molar-refractivity contribution is 6.01. The van der Waals surface area contributed by atoms with Crippen molar-refractivity contribution in [2.45, 2.75) is 77.4 Å². The molecular formula is C40H50O10. The Balaban J connectivity index is 1.09. The summed E-state index contributed by atoms with van der Waals surface area (Å²) in [6, 6.07) is 19.0. The van der Waals surface area contributed by atoms with Gasteiger partial charge in [0.2, 0.25) is 0 Å². The van der Waals surface area contributed by atoms with Crippen LogP contribution in [0.4, 0.5) is 0 Å². The molecule has 0 aliphatic carbocycles. The van der Waals surface area contributed by atoms with Crippen LogP contribution in [0.2, 0.25) is 0 Å². The van der Waals surface area contributed by atoms with Gasteiger partial charge in [-0.1, -0.05) is 69.6 Å². The Bertz CT molecular complexity index is 1670. The number of carbonyl (C=O) groups excluding carboxylic acids is 2. The fourth-order valence-electron chi connectivity index (χ4n) is 5.85. The van der Waals surface area contributed by atoms with Crippen molar-refractivity contribution in [3.63, 3.8) is 0 Å². The maximum atomic E-state index is 12.4. The lowest BCUT2D eigenvalue weighted by atomic mass is 10.0. The Morgan fingerprint density at radius 3 is 1.66 bits per heavy atom. The zero-order chi connectivity index (χ0) is 35.6. The minimum atomic E-state index is -0.477. The van der Waals surface area contributed by atoms with Crippen LogP contribution in [0.3, 0.4) is 0 Å². The van der Waals surface area contributed by atoms with E-state index in [1.165, 1.54) is 60.5 Å². The zero-order valence-electron chi connectivity index (χ0n) is 29.8. The largest absolute Gasteiger partial charge is 0.493 e. The molecule has 4 aromatic rings. The number of benzene rings is 4. The second-order valence-electron chi connectivity index (χ2n) is 12.1. The predicted octanol–water partition coefficient (Wildman–Crippen LogP) is 9.08. The summed E-state index contributed by atoms with van der Waals surface area (Å²) in [4.78, 5) is 44.2. The number of hydrogen-bond donors (Lipinski definition) is 0. The number of hydrogen-bond acceptors (Lipinski definition) is 10. The normalized spacial score (nSPS) is 11.2. The minimum absolute atomic E-state index is 0.301. The van der Waals surface area contributed by atoms with Crippen molar-refractivity contribution in [3.05, 3.63) is 82.9 Å². The standard InChI is InChI=1S/C40H50O10/c1-43-39(41)32-18-17-31-26-38(36(40(42)44-2)24-34(31)22-32)48-20-14-12-10-8-6-5-7-9-11-13-19-47-37-25-30-16-15-29(27-49-45-3)21-33(30)23-35(37)28-50-46-4/h15-18,21-26H,5-14,19-20,27-28H2,1-4H3. The molecule has 0 spiro atoms. The maximum Gasteiger partial charge on any atom is 0.341 e. The first-order valence-corrected chi connectivity index (χ1v) is 17.3. The van der Waals surface area contributed by atoms with Crippen LogP contribution >= 0.6 is 0 Å². The lowest BCUT2D eigenvalue weighted by Gasteiger charge is -2.14. The molecule has 270 valence electrons. The topological polar surface area (TPSA) is 108 Å². The van der Waals surface area contributed by atoms with Crippen molar-refractivity contribution in [2.75, 3.05) is 41.7 Å². The summed E-state index contributed by atoms with van der Waals surface area (Å²) in [6.07, 6.45) is 11.3. The average Bonchev–Trinajstić information content (AvgIpc) is 3.14. The van der Waals surface area contributed by atoms with Crippen molar-refractivity contribution in [1.29, 1.82) is 0 Å². The zero-order valence-corrected chi connectivity index (χ0v) is 29.8. The Morgan fingerprint density at radius 2 is 1.04 bits per heavy atom. The van der Waals surface area contributed by atoms with E-state index in [0.717, 1.165) is 70.5 Å². The van der Waals surface area contributed by atoms with Gasteiger partial charge in [0.15, 0.2) is 0 Å². The molecule has 0 N–H and O–H groups in total. The van der Waals surface area contributed by atoms with Crippen LogP contribution in [0.1, 0.15) is 96.1 Å². The molecule has 0 fully saturated rings. The maximum absolute atomic E-state index is 12.4. The molecular weight excluding hydrogens is 640 g/mol. The van der Waals surface area contributed by atoms with E-state index in [-0.39, 0.29) is 0 Å². The molecule has 0 unspecified atom stereocenters. The first-order valence-electron chi connectivity index (χ1n) is 17.3. The van der Waals surface area contributed by atoms with Gasteiger partial charge in [-0.05, 0) is 82.4 Å². The van der Waals surface area contributed by atoms with E-state index < -0.39 is 11.9 Å². The van der Waals surface area contributed by atoms with Gasteiger partial charge < -0.3 is 18.9 Å². The Morgan fingerprint density at radius 1 is 0.500 bits per heavy atom. The van der Waals surface area contributed by atoms with Crippen LogP contribution in [0, 0.1) is 0 Å².